The van der Waals surface area contributed by atoms with E-state index in [-0.39, 0.29) is 43.9 Å². The van der Waals surface area contributed by atoms with E-state index in [4.69, 9.17) is 23.6 Å². The maximum atomic E-state index is 17.2. The average Bonchev–Trinajstić information content (AvgIpc) is 3.19. The minimum absolute atomic E-state index is 0.0208. The lowest BCUT2D eigenvalue weighted by molar-refractivity contribution is -0.276. The summed E-state index contributed by atoms with van der Waals surface area (Å²) in [5.74, 6) is -7.14. The van der Waals surface area contributed by atoms with Crippen LogP contribution in [0.4, 0.5) is 4.39 Å². The van der Waals surface area contributed by atoms with Crippen LogP contribution in [0, 0.1) is 46.3 Å². The lowest BCUT2D eigenvalue weighted by atomic mass is 9.42. The van der Waals surface area contributed by atoms with Gasteiger partial charge in [0.25, 0.3) is 0 Å². The maximum absolute atomic E-state index is 17.2. The Kier molecular flexibility index (Phi) is 10.5. The monoisotopic (exact) mass is 696 g/mol. The molecule has 256 valence electrons. The van der Waals surface area contributed by atoms with Crippen molar-refractivity contribution in [3.05, 3.63) is 0 Å². The SMILES string of the molecule is CC(CCC(=O)OCOP(=O)(O)O)C1CCC2C3C(CC(OP(=O)(O)O)C12C)C1(C)CCC(O)CC1CC3(F)OP(=O)(O)O. The van der Waals surface area contributed by atoms with Crippen LogP contribution in [0.1, 0.15) is 78.6 Å². The Morgan fingerprint density at radius 2 is 1.61 bits per heavy atom. The smallest absolute Gasteiger partial charge is 0.438 e. The Balaban J connectivity index is 1.67. The number of ether oxygens (including phenoxy) is 1. The minimum Gasteiger partial charge on any atom is -0.438 e. The van der Waals surface area contributed by atoms with Crippen molar-refractivity contribution in [3.8, 4) is 0 Å². The molecular formula is C25H44FO15P3. The highest BCUT2D eigenvalue weighted by Crippen LogP contribution is 2.73. The van der Waals surface area contributed by atoms with Gasteiger partial charge in [0.15, 0.2) is 0 Å². The van der Waals surface area contributed by atoms with Crippen molar-refractivity contribution in [2.45, 2.75) is 96.6 Å². The molecule has 0 spiro atoms. The van der Waals surface area contributed by atoms with Gasteiger partial charge >= 0.3 is 29.4 Å². The Morgan fingerprint density at radius 1 is 0.955 bits per heavy atom. The number of aliphatic hydroxyl groups excluding tert-OH is 1. The molecule has 0 aromatic heterocycles. The molecule has 4 aliphatic carbocycles. The molecule has 11 atom stereocenters. The summed E-state index contributed by atoms with van der Waals surface area (Å²) >= 11 is 0. The van der Waals surface area contributed by atoms with Crippen LogP contribution in [0.2, 0.25) is 0 Å². The van der Waals surface area contributed by atoms with Crippen molar-refractivity contribution in [1.82, 2.24) is 0 Å². The second kappa shape index (κ2) is 12.6. The predicted molar refractivity (Wildman–Crippen MR) is 148 cm³/mol. The van der Waals surface area contributed by atoms with E-state index < -0.39 is 88.8 Å². The Morgan fingerprint density at radius 3 is 2.20 bits per heavy atom. The molecule has 11 unspecified atom stereocenters. The number of phosphoric ester groups is 3. The molecule has 15 nitrogen and oxygen atoms in total. The third-order valence-corrected chi connectivity index (χ3v) is 12.8. The van der Waals surface area contributed by atoms with Crippen LogP contribution in [0.15, 0.2) is 0 Å². The first-order valence-electron chi connectivity index (χ1n) is 14.7. The van der Waals surface area contributed by atoms with Crippen LogP contribution in [0.5, 0.6) is 0 Å². The van der Waals surface area contributed by atoms with Crippen LogP contribution < -0.4 is 0 Å². The number of alkyl halides is 1. The molecule has 0 aromatic rings. The molecule has 0 saturated heterocycles. The fourth-order valence-corrected chi connectivity index (χ4v) is 10.9. The number of hydrogen-bond donors (Lipinski definition) is 7. The van der Waals surface area contributed by atoms with Gasteiger partial charge in [-0.15, -0.1) is 0 Å². The Labute approximate surface area is 254 Å². The van der Waals surface area contributed by atoms with Gasteiger partial charge in [-0.05, 0) is 80.0 Å². The van der Waals surface area contributed by atoms with Crippen molar-refractivity contribution in [1.29, 1.82) is 0 Å². The van der Waals surface area contributed by atoms with E-state index in [1.807, 2.05) is 13.8 Å². The van der Waals surface area contributed by atoms with Crippen molar-refractivity contribution >= 4 is 29.4 Å². The number of halogens is 1. The number of esters is 1. The zero-order chi connectivity index (χ0) is 33.1. The molecule has 4 saturated carbocycles. The van der Waals surface area contributed by atoms with Gasteiger partial charge in [-0.2, -0.15) is 0 Å². The van der Waals surface area contributed by atoms with E-state index >= 15 is 4.39 Å². The van der Waals surface area contributed by atoms with Crippen LogP contribution in [0.3, 0.4) is 0 Å². The third-order valence-electron chi connectivity index (χ3n) is 11.3. The van der Waals surface area contributed by atoms with E-state index in [1.54, 1.807) is 6.92 Å². The number of carbonyl (C=O) groups is 1. The van der Waals surface area contributed by atoms with Gasteiger partial charge in [-0.1, -0.05) is 20.8 Å². The number of fused-ring (bicyclic) bond motifs is 5. The van der Waals surface area contributed by atoms with E-state index in [0.717, 1.165) is 0 Å². The van der Waals surface area contributed by atoms with Gasteiger partial charge in [0.05, 0.1) is 12.2 Å². The summed E-state index contributed by atoms with van der Waals surface area (Å²) in [6.07, 6.45) is -0.272. The number of aliphatic hydroxyl groups is 1. The number of rotatable bonds is 11. The average molecular weight is 697 g/mol. The second-order valence-electron chi connectivity index (χ2n) is 13.6. The molecule has 0 heterocycles. The molecule has 4 fully saturated rings. The van der Waals surface area contributed by atoms with E-state index in [0.29, 0.717) is 25.7 Å². The molecule has 0 radical (unpaired) electrons. The number of phosphoric acid groups is 3. The normalized spacial score (nSPS) is 41.8. The predicted octanol–water partition coefficient (Wildman–Crippen LogP) is 3.51. The zero-order valence-electron chi connectivity index (χ0n) is 24.8. The summed E-state index contributed by atoms with van der Waals surface area (Å²) in [4.78, 5) is 69.2. The van der Waals surface area contributed by atoms with Crippen molar-refractivity contribution in [2.75, 3.05) is 6.79 Å². The molecular weight excluding hydrogens is 652 g/mol. The van der Waals surface area contributed by atoms with Gasteiger partial charge in [-0.25, -0.2) is 27.1 Å². The Bertz CT molecular complexity index is 1220. The Hall–Kier alpha value is -0.310. The van der Waals surface area contributed by atoms with Gasteiger partial charge < -0.3 is 39.2 Å². The van der Waals surface area contributed by atoms with Gasteiger partial charge in [0, 0.05) is 24.2 Å². The lowest BCUT2D eigenvalue weighted by Crippen LogP contribution is -2.66. The summed E-state index contributed by atoms with van der Waals surface area (Å²) in [6.45, 7) is 4.54. The van der Waals surface area contributed by atoms with Gasteiger partial charge in [-0.3, -0.25) is 9.32 Å². The van der Waals surface area contributed by atoms with Crippen LogP contribution >= 0.6 is 23.5 Å². The first-order valence-corrected chi connectivity index (χ1v) is 19.3. The van der Waals surface area contributed by atoms with E-state index in [9.17, 15) is 43.2 Å². The van der Waals surface area contributed by atoms with Crippen LogP contribution in [0.25, 0.3) is 0 Å². The molecule has 0 bridgehead atoms. The molecule has 0 aliphatic heterocycles. The highest BCUT2D eigenvalue weighted by atomic mass is 31.2. The standard InChI is InChI=1S/C25H44FO15P3/c1-14(4-7-21(28)38-13-39-42(29,30)31)17-5-6-18-22-19(11-20(24(17,18)3)40-43(32,33)34)23(2)9-8-16(27)10-15(23)12-25(22,26)41-44(35,36)37/h14-20,22,27H,4-13H2,1-3H3,(H2,29,30,31)(H2,32,33,34)(H2,35,36,37). The fourth-order valence-electron chi connectivity index (χ4n) is 9.46. The van der Waals surface area contributed by atoms with Gasteiger partial charge in [0.2, 0.25) is 12.6 Å². The fraction of sp³-hybridized carbons (Fsp3) is 0.960. The zero-order valence-corrected chi connectivity index (χ0v) is 27.5. The minimum atomic E-state index is -5.33. The maximum Gasteiger partial charge on any atom is 0.472 e. The quantitative estimate of drug-likeness (QED) is 0.0928. The molecule has 7 N–H and O–H groups in total. The molecule has 44 heavy (non-hydrogen) atoms. The highest BCUT2D eigenvalue weighted by molar-refractivity contribution is 7.46. The lowest BCUT2D eigenvalue weighted by Gasteiger charge is -2.65. The molecule has 19 heteroatoms. The van der Waals surface area contributed by atoms with Gasteiger partial charge in [0.1, 0.15) is 0 Å². The topological polar surface area (TPSA) is 247 Å². The number of hydrogen-bond acceptors (Lipinski definition) is 9. The van der Waals surface area contributed by atoms with Crippen molar-refractivity contribution in [3.63, 3.8) is 0 Å². The van der Waals surface area contributed by atoms with Crippen LogP contribution in [-0.2, 0) is 36.8 Å². The second-order valence-corrected chi connectivity index (χ2v) is 17.2. The van der Waals surface area contributed by atoms with Crippen LogP contribution in [-0.4, -0.2) is 65.3 Å². The summed E-state index contributed by atoms with van der Waals surface area (Å²) in [7, 11) is -15.2. The van der Waals surface area contributed by atoms with E-state index in [1.165, 1.54) is 0 Å². The largest absolute Gasteiger partial charge is 0.472 e. The third kappa shape index (κ3) is 7.70. The first kappa shape index (κ1) is 36.5. The summed E-state index contributed by atoms with van der Waals surface area (Å²) in [6, 6.07) is 0. The number of carbonyl (C=O) groups excluding carboxylic acids is 1. The molecule has 0 aromatic carbocycles. The molecule has 0 amide bonds. The van der Waals surface area contributed by atoms with Crippen molar-refractivity contribution in [2.24, 2.45) is 46.3 Å². The summed E-state index contributed by atoms with van der Waals surface area (Å²) < 4.78 is 71.7. The summed E-state index contributed by atoms with van der Waals surface area (Å²) in [5.41, 5.74) is -1.74. The van der Waals surface area contributed by atoms with Crippen molar-refractivity contribution < 1.29 is 75.7 Å². The molecule has 4 rings (SSSR count). The highest BCUT2D eigenvalue weighted by Gasteiger charge is 2.72. The summed E-state index contributed by atoms with van der Waals surface area (Å²) in [5, 5.41) is 10.4. The first-order chi connectivity index (χ1) is 20.0. The molecule has 4 aliphatic rings. The van der Waals surface area contributed by atoms with E-state index in [2.05, 4.69) is 4.52 Å².